The highest BCUT2D eigenvalue weighted by atomic mass is 16.7. The second kappa shape index (κ2) is 56.2. The smallest absolute Gasteiger partial charge is 0.361 e. The largest absolute Gasteiger partial charge is 0.477 e. The van der Waals surface area contributed by atoms with Gasteiger partial charge in [-0.1, -0.05) is 232 Å². The Labute approximate surface area is 460 Å². The van der Waals surface area contributed by atoms with Crippen molar-refractivity contribution in [2.45, 2.75) is 245 Å². The minimum absolute atomic E-state index is 0.180. The summed E-state index contributed by atoms with van der Waals surface area (Å²) in [6.07, 6.45) is 74.5. The van der Waals surface area contributed by atoms with Crippen LogP contribution < -0.4 is 0 Å². The Balaban J connectivity index is 4.25. The highest BCUT2D eigenvalue weighted by Gasteiger charge is 2.25. The normalized spacial score (nSPS) is 13.6. The fourth-order valence-corrected chi connectivity index (χ4v) is 7.97. The lowest BCUT2D eigenvalue weighted by Gasteiger charge is -2.25. The summed E-state index contributed by atoms with van der Waals surface area (Å²) in [5.74, 6) is -2.03. The number of likely N-dealkylation sites (N-methyl/N-ethyl adjacent to an activating group) is 1. The van der Waals surface area contributed by atoms with Crippen molar-refractivity contribution in [3.8, 4) is 0 Å². The summed E-state index contributed by atoms with van der Waals surface area (Å²) in [7, 11) is 5.96. The summed E-state index contributed by atoms with van der Waals surface area (Å²) in [5, 5.41) is 9.71. The summed E-state index contributed by atoms with van der Waals surface area (Å²) in [5.41, 5.74) is 0. The lowest BCUT2D eigenvalue weighted by Crippen LogP contribution is -2.40. The molecular weight excluding hydrogens is 935 g/mol. The highest BCUT2D eigenvalue weighted by molar-refractivity contribution is 5.71. The molecule has 0 aliphatic rings. The van der Waals surface area contributed by atoms with Crippen LogP contribution in [0.3, 0.4) is 0 Å². The number of carbonyl (C=O) groups excluding carboxylic acids is 2. The Morgan fingerprint density at radius 2 is 0.720 bits per heavy atom. The molecule has 0 aromatic rings. The van der Waals surface area contributed by atoms with Crippen molar-refractivity contribution in [1.29, 1.82) is 0 Å². The number of unbranched alkanes of at least 4 members (excludes halogenated alkanes) is 21. The van der Waals surface area contributed by atoms with Gasteiger partial charge in [-0.25, -0.2) is 4.79 Å². The van der Waals surface area contributed by atoms with Crippen LogP contribution in [0.5, 0.6) is 0 Å². The van der Waals surface area contributed by atoms with Gasteiger partial charge in [0.1, 0.15) is 13.2 Å². The predicted octanol–water partition coefficient (Wildman–Crippen LogP) is 17.9. The molecule has 75 heavy (non-hydrogen) atoms. The molecule has 2 atom stereocenters. The summed E-state index contributed by atoms with van der Waals surface area (Å²) >= 11 is 0. The molecule has 428 valence electrons. The van der Waals surface area contributed by atoms with E-state index in [1.807, 2.05) is 21.1 Å². The SMILES string of the molecule is CC/C=C\C/C=C\C/C=C\C/C=C\C/C=C\CCCCCCCCCC(=O)OC(COC(=O)CCCCCCCCCCCCCCCC/C=C\C/C=C\C/C=C\C/C=C\CC)COC(OCC[N+](C)(C)C)C(=O)O. The third-order valence-corrected chi connectivity index (χ3v) is 12.5. The van der Waals surface area contributed by atoms with E-state index in [1.54, 1.807) is 0 Å². The Morgan fingerprint density at radius 1 is 0.400 bits per heavy atom. The Kier molecular flexibility index (Phi) is 53.1. The molecule has 0 saturated heterocycles. The average Bonchev–Trinajstić information content (AvgIpc) is 3.38. The lowest BCUT2D eigenvalue weighted by molar-refractivity contribution is -0.870. The Morgan fingerprint density at radius 3 is 1.07 bits per heavy atom. The fraction of sp³-hybridized carbons (Fsp3) is 0.682. The van der Waals surface area contributed by atoms with Crippen molar-refractivity contribution in [3.63, 3.8) is 0 Å². The molecule has 0 radical (unpaired) electrons. The minimum atomic E-state index is -1.52. The third kappa shape index (κ3) is 57.5. The van der Waals surface area contributed by atoms with Gasteiger partial charge in [0.15, 0.2) is 6.10 Å². The van der Waals surface area contributed by atoms with Gasteiger partial charge in [-0.05, 0) is 96.3 Å². The standard InChI is InChI=1S/C66H111NO8/c1-6-8-10-12-14-16-18-20-22-24-26-28-30-31-32-33-35-36-38-40-42-44-46-48-50-52-54-56-63(68)73-60-62(61-74-66(65(70)71)72-59-58-67(3,4)5)75-64(69)57-55-53-51-49-47-45-43-41-39-37-34-29-27-25-23-21-19-17-15-13-11-9-7-2/h8-11,14-17,20-23,26-29,37,39,62,66H,6-7,12-13,18-19,24-25,30-36,38,40-61H2,1-5H3/p+1/b10-8-,11-9-,16-14-,17-15-,22-20-,23-21-,28-26-,29-27-,39-37-. The second-order valence-corrected chi connectivity index (χ2v) is 20.9. The van der Waals surface area contributed by atoms with Gasteiger partial charge in [0.05, 0.1) is 34.4 Å². The number of esters is 2. The Bertz CT molecular complexity index is 1590. The average molecular weight is 1050 g/mol. The van der Waals surface area contributed by atoms with Crippen LogP contribution in [0.4, 0.5) is 0 Å². The van der Waals surface area contributed by atoms with Crippen LogP contribution in [0.25, 0.3) is 0 Å². The molecule has 0 heterocycles. The molecule has 0 aliphatic heterocycles. The number of aliphatic carboxylic acids is 1. The van der Waals surface area contributed by atoms with E-state index in [0.717, 1.165) is 103 Å². The maximum Gasteiger partial charge on any atom is 0.361 e. The zero-order valence-corrected chi connectivity index (χ0v) is 48.7. The Hall–Kier alpha value is -4.05. The predicted molar refractivity (Wildman–Crippen MR) is 318 cm³/mol. The molecule has 9 heteroatoms. The van der Waals surface area contributed by atoms with Gasteiger partial charge in [0.2, 0.25) is 0 Å². The zero-order valence-electron chi connectivity index (χ0n) is 48.7. The molecule has 0 bridgehead atoms. The van der Waals surface area contributed by atoms with Gasteiger partial charge in [-0.15, -0.1) is 0 Å². The number of allylic oxidation sites excluding steroid dienone is 18. The van der Waals surface area contributed by atoms with Gasteiger partial charge < -0.3 is 28.5 Å². The maximum absolute atomic E-state index is 12.9. The van der Waals surface area contributed by atoms with Crippen LogP contribution in [0.15, 0.2) is 109 Å². The van der Waals surface area contributed by atoms with Gasteiger partial charge in [0, 0.05) is 12.8 Å². The van der Waals surface area contributed by atoms with E-state index in [1.165, 1.54) is 96.3 Å². The molecular formula is C66H112NO8+. The van der Waals surface area contributed by atoms with Crippen molar-refractivity contribution in [2.24, 2.45) is 0 Å². The zero-order chi connectivity index (χ0) is 54.8. The maximum atomic E-state index is 12.9. The van der Waals surface area contributed by atoms with Crippen LogP contribution in [-0.2, 0) is 33.3 Å². The van der Waals surface area contributed by atoms with Crippen molar-refractivity contribution < 1.29 is 42.9 Å². The van der Waals surface area contributed by atoms with Crippen molar-refractivity contribution in [2.75, 3.05) is 47.5 Å². The molecule has 0 aromatic carbocycles. The number of ether oxygens (including phenoxy) is 4. The van der Waals surface area contributed by atoms with Crippen LogP contribution in [0, 0.1) is 0 Å². The van der Waals surface area contributed by atoms with Crippen molar-refractivity contribution in [1.82, 2.24) is 0 Å². The molecule has 0 saturated carbocycles. The van der Waals surface area contributed by atoms with Crippen LogP contribution >= 0.6 is 0 Å². The van der Waals surface area contributed by atoms with Gasteiger partial charge in [-0.3, -0.25) is 9.59 Å². The number of hydrogen-bond acceptors (Lipinski definition) is 7. The first-order chi connectivity index (χ1) is 36.6. The molecule has 0 rings (SSSR count). The molecule has 9 nitrogen and oxygen atoms in total. The van der Waals surface area contributed by atoms with E-state index < -0.39 is 24.3 Å². The van der Waals surface area contributed by atoms with E-state index in [4.69, 9.17) is 18.9 Å². The van der Waals surface area contributed by atoms with Gasteiger partial charge >= 0.3 is 17.9 Å². The molecule has 0 spiro atoms. The minimum Gasteiger partial charge on any atom is -0.477 e. The summed E-state index contributed by atoms with van der Waals surface area (Å²) in [6, 6.07) is 0. The van der Waals surface area contributed by atoms with E-state index in [9.17, 15) is 19.5 Å². The fourth-order valence-electron chi connectivity index (χ4n) is 7.97. The third-order valence-electron chi connectivity index (χ3n) is 12.5. The summed E-state index contributed by atoms with van der Waals surface area (Å²) < 4.78 is 22.9. The number of hydrogen-bond donors (Lipinski definition) is 1. The van der Waals surface area contributed by atoms with Crippen LogP contribution in [0.1, 0.15) is 232 Å². The molecule has 0 aromatic heterocycles. The number of rotatable bonds is 54. The summed E-state index contributed by atoms with van der Waals surface area (Å²) in [6.45, 7) is 4.64. The lowest BCUT2D eigenvalue weighted by atomic mass is 10.0. The quantitative estimate of drug-likeness (QED) is 0.0211. The number of carboxylic acids is 1. The molecule has 0 amide bonds. The van der Waals surface area contributed by atoms with Crippen molar-refractivity contribution in [3.05, 3.63) is 109 Å². The van der Waals surface area contributed by atoms with Crippen LogP contribution in [-0.4, -0.2) is 87.4 Å². The second-order valence-electron chi connectivity index (χ2n) is 20.9. The molecule has 0 fully saturated rings. The van der Waals surface area contributed by atoms with E-state index in [0.29, 0.717) is 23.9 Å². The first kappa shape index (κ1) is 71.0. The summed E-state index contributed by atoms with van der Waals surface area (Å²) in [4.78, 5) is 37.5. The van der Waals surface area contributed by atoms with Crippen LogP contribution in [0.2, 0.25) is 0 Å². The molecule has 1 N–H and O–H groups in total. The topological polar surface area (TPSA) is 108 Å². The highest BCUT2D eigenvalue weighted by Crippen LogP contribution is 2.16. The monoisotopic (exact) mass is 1050 g/mol. The van der Waals surface area contributed by atoms with E-state index in [-0.39, 0.29) is 32.2 Å². The van der Waals surface area contributed by atoms with Crippen molar-refractivity contribution >= 4 is 17.9 Å². The molecule has 0 aliphatic carbocycles. The van der Waals surface area contributed by atoms with E-state index >= 15 is 0 Å². The van der Waals surface area contributed by atoms with Gasteiger partial charge in [-0.2, -0.15) is 0 Å². The number of carboxylic acid groups (broad SMARTS) is 1. The number of carbonyl (C=O) groups is 3. The first-order valence-electron chi connectivity index (χ1n) is 30.1. The number of nitrogens with zero attached hydrogens (tertiary/aromatic N) is 1. The first-order valence-corrected chi connectivity index (χ1v) is 30.1. The number of quaternary nitrogens is 1. The van der Waals surface area contributed by atoms with Gasteiger partial charge in [0.25, 0.3) is 6.29 Å². The van der Waals surface area contributed by atoms with E-state index in [2.05, 4.69) is 123 Å². The molecule has 2 unspecified atom stereocenters.